The molecule has 0 amide bonds. The predicted molar refractivity (Wildman–Crippen MR) is 61.0 cm³/mol. The molecule has 0 spiro atoms. The summed E-state index contributed by atoms with van der Waals surface area (Å²) in [6, 6.07) is 0. The van der Waals surface area contributed by atoms with Crippen molar-refractivity contribution in [1.29, 1.82) is 0 Å². The summed E-state index contributed by atoms with van der Waals surface area (Å²) in [4.78, 5) is 7.42. The normalized spacial score (nSPS) is 14.8. The van der Waals surface area contributed by atoms with E-state index in [2.05, 4.69) is 15.3 Å². The maximum atomic E-state index is 9.80. The highest BCUT2D eigenvalue weighted by Gasteiger charge is 2.21. The first-order valence-corrected chi connectivity index (χ1v) is 5.22. The largest absolute Gasteiger partial charge is 0.390 e. The van der Waals surface area contributed by atoms with Crippen molar-refractivity contribution in [2.45, 2.75) is 18.6 Å². The molecule has 7 heteroatoms. The van der Waals surface area contributed by atoms with Gasteiger partial charge in [-0.1, -0.05) is 11.6 Å². The molecule has 2 atom stereocenters. The van der Waals surface area contributed by atoms with Crippen LogP contribution in [0.3, 0.4) is 0 Å². The molecule has 0 fully saturated rings. The summed E-state index contributed by atoms with van der Waals surface area (Å²) >= 11 is 5.78. The molecule has 0 aliphatic rings. The van der Waals surface area contributed by atoms with E-state index < -0.39 is 12.2 Å². The Morgan fingerprint density at radius 1 is 1.56 bits per heavy atom. The third-order valence-electron chi connectivity index (χ3n) is 2.16. The van der Waals surface area contributed by atoms with Gasteiger partial charge in [0.1, 0.15) is 11.3 Å². The van der Waals surface area contributed by atoms with E-state index in [-0.39, 0.29) is 16.7 Å². The lowest BCUT2D eigenvalue weighted by atomic mass is 10.1. The van der Waals surface area contributed by atoms with E-state index in [1.165, 1.54) is 6.20 Å². The Labute approximate surface area is 98.5 Å². The molecule has 1 heterocycles. The Bertz CT molecular complexity index is 350. The van der Waals surface area contributed by atoms with Gasteiger partial charge >= 0.3 is 0 Å². The molecule has 16 heavy (non-hydrogen) atoms. The second-order valence-corrected chi connectivity index (χ2v) is 3.74. The second kappa shape index (κ2) is 5.95. The van der Waals surface area contributed by atoms with Crippen LogP contribution >= 0.6 is 11.6 Å². The van der Waals surface area contributed by atoms with Crippen molar-refractivity contribution in [2.75, 3.05) is 19.3 Å². The number of nitrogen functional groups attached to an aromatic ring is 1. The van der Waals surface area contributed by atoms with Crippen LogP contribution in [0.2, 0.25) is 5.15 Å². The van der Waals surface area contributed by atoms with Crippen molar-refractivity contribution in [1.82, 2.24) is 15.3 Å². The number of nitrogens with one attached hydrogen (secondary N) is 1. The van der Waals surface area contributed by atoms with Crippen LogP contribution in [0.4, 0.5) is 5.95 Å². The van der Waals surface area contributed by atoms with Crippen molar-refractivity contribution in [3.05, 3.63) is 16.9 Å². The number of hydrogen-bond donors (Lipinski definition) is 4. The van der Waals surface area contributed by atoms with E-state index in [1.54, 1.807) is 7.05 Å². The third-order valence-corrected chi connectivity index (χ3v) is 2.46. The van der Waals surface area contributed by atoms with E-state index >= 15 is 0 Å². The van der Waals surface area contributed by atoms with Crippen molar-refractivity contribution >= 4 is 17.5 Å². The van der Waals surface area contributed by atoms with Crippen molar-refractivity contribution in [3.63, 3.8) is 0 Å². The Hall–Kier alpha value is -0.950. The number of aliphatic hydroxyl groups excluding tert-OH is 2. The molecule has 0 radical (unpaired) electrons. The first-order valence-electron chi connectivity index (χ1n) is 4.85. The fourth-order valence-corrected chi connectivity index (χ4v) is 1.49. The summed E-state index contributed by atoms with van der Waals surface area (Å²) in [5, 5.41) is 22.4. The lowest BCUT2D eigenvalue weighted by Gasteiger charge is -2.18. The van der Waals surface area contributed by atoms with Gasteiger partial charge in [0.2, 0.25) is 5.95 Å². The zero-order chi connectivity index (χ0) is 12.1. The first-order chi connectivity index (χ1) is 7.56. The lowest BCUT2D eigenvalue weighted by molar-refractivity contribution is 0.0137. The molecule has 0 saturated heterocycles. The molecule has 0 bridgehead atoms. The molecule has 2 unspecified atom stereocenters. The maximum Gasteiger partial charge on any atom is 0.221 e. The number of nitrogens with two attached hydrogens (primary N) is 1. The van der Waals surface area contributed by atoms with Crippen molar-refractivity contribution in [2.24, 2.45) is 0 Å². The molecule has 0 saturated carbocycles. The monoisotopic (exact) mass is 246 g/mol. The molecule has 0 aliphatic heterocycles. The van der Waals surface area contributed by atoms with Crippen LogP contribution in [-0.2, 0) is 0 Å². The smallest absolute Gasteiger partial charge is 0.221 e. The van der Waals surface area contributed by atoms with E-state index in [1.807, 2.05) is 0 Å². The van der Waals surface area contributed by atoms with Crippen LogP contribution < -0.4 is 11.1 Å². The Morgan fingerprint density at radius 3 is 2.81 bits per heavy atom. The summed E-state index contributed by atoms with van der Waals surface area (Å²) in [6.45, 7) is 0.589. The Kier molecular flexibility index (Phi) is 4.88. The van der Waals surface area contributed by atoms with Crippen LogP contribution in [-0.4, -0.2) is 39.9 Å². The number of hydrogen-bond acceptors (Lipinski definition) is 6. The molecule has 6 nitrogen and oxygen atoms in total. The topological polar surface area (TPSA) is 104 Å². The van der Waals surface area contributed by atoms with E-state index in [0.29, 0.717) is 13.0 Å². The van der Waals surface area contributed by atoms with Gasteiger partial charge in [-0.2, -0.15) is 0 Å². The van der Waals surface area contributed by atoms with Gasteiger partial charge in [-0.3, -0.25) is 0 Å². The number of aliphatic hydroxyl groups is 2. The molecule has 0 aliphatic carbocycles. The minimum Gasteiger partial charge on any atom is -0.390 e. The maximum absolute atomic E-state index is 9.80. The molecule has 1 aromatic heterocycles. The number of aromatic nitrogens is 2. The van der Waals surface area contributed by atoms with Gasteiger partial charge in [0.05, 0.1) is 6.10 Å². The van der Waals surface area contributed by atoms with Gasteiger partial charge in [-0.05, 0) is 20.0 Å². The average molecular weight is 247 g/mol. The zero-order valence-electron chi connectivity index (χ0n) is 8.89. The summed E-state index contributed by atoms with van der Waals surface area (Å²) in [5.41, 5.74) is 5.60. The molecule has 5 N–H and O–H groups in total. The van der Waals surface area contributed by atoms with Gasteiger partial charge in [0.15, 0.2) is 0 Å². The van der Waals surface area contributed by atoms with Crippen LogP contribution in [0, 0.1) is 0 Å². The Morgan fingerprint density at radius 2 is 2.25 bits per heavy atom. The minimum atomic E-state index is -1.11. The van der Waals surface area contributed by atoms with Gasteiger partial charge in [-0.15, -0.1) is 0 Å². The average Bonchev–Trinajstić information content (AvgIpc) is 2.25. The van der Waals surface area contributed by atoms with Crippen LogP contribution in [0.15, 0.2) is 6.20 Å². The van der Waals surface area contributed by atoms with Gasteiger partial charge in [-0.25, -0.2) is 9.97 Å². The summed E-state index contributed by atoms with van der Waals surface area (Å²) in [7, 11) is 1.76. The van der Waals surface area contributed by atoms with Crippen LogP contribution in [0.5, 0.6) is 0 Å². The molecule has 90 valence electrons. The highest BCUT2D eigenvalue weighted by atomic mass is 35.5. The van der Waals surface area contributed by atoms with Crippen molar-refractivity contribution < 1.29 is 10.2 Å². The van der Waals surface area contributed by atoms with E-state index in [4.69, 9.17) is 17.3 Å². The second-order valence-electron chi connectivity index (χ2n) is 3.38. The van der Waals surface area contributed by atoms with E-state index in [0.717, 1.165) is 0 Å². The zero-order valence-corrected chi connectivity index (χ0v) is 9.65. The lowest BCUT2D eigenvalue weighted by Crippen LogP contribution is -2.24. The minimum absolute atomic E-state index is 0.0330. The Balaban J connectivity index is 2.75. The fourth-order valence-electron chi connectivity index (χ4n) is 1.24. The quantitative estimate of drug-likeness (QED) is 0.533. The number of rotatable bonds is 5. The molecular formula is C9H15ClN4O2. The third kappa shape index (κ3) is 3.28. The summed E-state index contributed by atoms with van der Waals surface area (Å²) < 4.78 is 0. The van der Waals surface area contributed by atoms with Gasteiger partial charge in [0, 0.05) is 11.8 Å². The number of anilines is 1. The van der Waals surface area contributed by atoms with Crippen LogP contribution in [0.1, 0.15) is 18.1 Å². The van der Waals surface area contributed by atoms with Crippen LogP contribution in [0.25, 0.3) is 0 Å². The molecular weight excluding hydrogens is 232 g/mol. The molecule has 1 rings (SSSR count). The number of nitrogens with zero attached hydrogens (tertiary/aromatic N) is 2. The highest BCUT2D eigenvalue weighted by molar-refractivity contribution is 6.30. The number of halogens is 1. The van der Waals surface area contributed by atoms with Crippen molar-refractivity contribution in [3.8, 4) is 0 Å². The standard InChI is InChI=1S/C9H15ClN4O2/c1-12-3-2-6(15)7(16)5-4-13-9(11)14-8(5)10/h4,6-7,12,15-16H,2-3H2,1H3,(H2,11,13,14). The van der Waals surface area contributed by atoms with Gasteiger partial charge < -0.3 is 21.3 Å². The SMILES string of the molecule is CNCCC(O)C(O)c1cnc(N)nc1Cl. The fraction of sp³-hybridized carbons (Fsp3) is 0.556. The predicted octanol–water partition coefficient (Wildman–Crippen LogP) is -0.284. The van der Waals surface area contributed by atoms with E-state index in [9.17, 15) is 10.2 Å². The summed E-state index contributed by atoms with van der Waals surface area (Å²) in [5.74, 6) is 0.0330. The van der Waals surface area contributed by atoms with Gasteiger partial charge in [0.25, 0.3) is 0 Å². The first kappa shape index (κ1) is 13.1. The highest BCUT2D eigenvalue weighted by Crippen LogP contribution is 2.24. The molecule has 0 aromatic carbocycles. The molecule has 1 aromatic rings. The summed E-state index contributed by atoms with van der Waals surface area (Å²) in [6.07, 6.45) is -0.311.